The summed E-state index contributed by atoms with van der Waals surface area (Å²) in [5, 5.41) is 3.08. The van der Waals surface area contributed by atoms with Crippen LogP contribution < -0.4 is 15.8 Å². The predicted molar refractivity (Wildman–Crippen MR) is 59.7 cm³/mol. The SMILES string of the molecule is CCOc1ccc(NC(C)CN)cc1F. The number of rotatable bonds is 5. The summed E-state index contributed by atoms with van der Waals surface area (Å²) in [7, 11) is 0. The molecule has 3 N–H and O–H groups in total. The van der Waals surface area contributed by atoms with Crippen molar-refractivity contribution in [2.75, 3.05) is 18.5 Å². The summed E-state index contributed by atoms with van der Waals surface area (Å²) >= 11 is 0. The lowest BCUT2D eigenvalue weighted by molar-refractivity contribution is 0.321. The van der Waals surface area contributed by atoms with Crippen LogP contribution in [0.4, 0.5) is 10.1 Å². The summed E-state index contributed by atoms with van der Waals surface area (Å²) in [6.45, 7) is 4.73. The summed E-state index contributed by atoms with van der Waals surface area (Å²) in [4.78, 5) is 0. The van der Waals surface area contributed by atoms with Gasteiger partial charge in [-0.15, -0.1) is 0 Å². The molecule has 0 saturated heterocycles. The maximum absolute atomic E-state index is 13.4. The Morgan fingerprint density at radius 2 is 2.27 bits per heavy atom. The zero-order valence-electron chi connectivity index (χ0n) is 9.09. The molecule has 1 aromatic rings. The maximum Gasteiger partial charge on any atom is 0.167 e. The van der Waals surface area contributed by atoms with E-state index in [-0.39, 0.29) is 17.6 Å². The minimum atomic E-state index is -0.355. The normalized spacial score (nSPS) is 12.3. The molecule has 0 spiro atoms. The molecule has 15 heavy (non-hydrogen) atoms. The van der Waals surface area contributed by atoms with E-state index in [9.17, 15) is 4.39 Å². The molecule has 0 radical (unpaired) electrons. The van der Waals surface area contributed by atoms with Crippen molar-refractivity contribution in [3.05, 3.63) is 24.0 Å². The molecule has 84 valence electrons. The first-order valence-corrected chi connectivity index (χ1v) is 5.06. The van der Waals surface area contributed by atoms with Crippen LogP contribution in [-0.4, -0.2) is 19.2 Å². The van der Waals surface area contributed by atoms with Gasteiger partial charge in [0, 0.05) is 24.3 Å². The Hall–Kier alpha value is -1.29. The molecular weight excluding hydrogens is 195 g/mol. The third-order valence-electron chi connectivity index (χ3n) is 2.00. The monoisotopic (exact) mass is 212 g/mol. The summed E-state index contributed by atoms with van der Waals surface area (Å²) in [5.74, 6) is -0.0745. The van der Waals surface area contributed by atoms with E-state index in [4.69, 9.17) is 10.5 Å². The quantitative estimate of drug-likeness (QED) is 0.784. The Balaban J connectivity index is 2.73. The number of nitrogens with two attached hydrogens (primary N) is 1. The largest absolute Gasteiger partial charge is 0.491 e. The van der Waals surface area contributed by atoms with E-state index in [1.54, 1.807) is 12.1 Å². The highest BCUT2D eigenvalue weighted by Crippen LogP contribution is 2.21. The van der Waals surface area contributed by atoms with Gasteiger partial charge < -0.3 is 15.8 Å². The lowest BCUT2D eigenvalue weighted by Crippen LogP contribution is -2.25. The van der Waals surface area contributed by atoms with Crippen molar-refractivity contribution in [3.63, 3.8) is 0 Å². The fraction of sp³-hybridized carbons (Fsp3) is 0.455. The van der Waals surface area contributed by atoms with Gasteiger partial charge in [-0.3, -0.25) is 0 Å². The Bertz CT molecular complexity index is 317. The first kappa shape index (κ1) is 11.8. The molecule has 0 aliphatic heterocycles. The van der Waals surface area contributed by atoms with Crippen molar-refractivity contribution in [1.29, 1.82) is 0 Å². The summed E-state index contributed by atoms with van der Waals surface area (Å²) in [6, 6.07) is 4.93. The highest BCUT2D eigenvalue weighted by molar-refractivity contribution is 5.47. The fourth-order valence-corrected chi connectivity index (χ4v) is 1.21. The summed E-state index contributed by atoms with van der Waals surface area (Å²) in [5.41, 5.74) is 6.17. The number of benzene rings is 1. The van der Waals surface area contributed by atoms with Crippen LogP contribution in [0, 0.1) is 5.82 Å². The van der Waals surface area contributed by atoms with Gasteiger partial charge in [-0.1, -0.05) is 0 Å². The molecule has 1 atom stereocenters. The van der Waals surface area contributed by atoms with E-state index in [0.29, 0.717) is 18.8 Å². The molecule has 0 aliphatic carbocycles. The Labute approximate surface area is 89.4 Å². The number of hydrogen-bond donors (Lipinski definition) is 2. The standard InChI is InChI=1S/C11H17FN2O/c1-3-15-11-5-4-9(6-10(11)12)14-8(2)7-13/h4-6,8,14H,3,7,13H2,1-2H3. The lowest BCUT2D eigenvalue weighted by atomic mass is 10.2. The number of halogens is 1. The number of ether oxygens (including phenoxy) is 1. The zero-order valence-corrected chi connectivity index (χ0v) is 9.09. The van der Waals surface area contributed by atoms with E-state index in [2.05, 4.69) is 5.32 Å². The number of hydrogen-bond acceptors (Lipinski definition) is 3. The minimum Gasteiger partial charge on any atom is -0.491 e. The van der Waals surface area contributed by atoms with Gasteiger partial charge in [-0.05, 0) is 26.0 Å². The third-order valence-corrected chi connectivity index (χ3v) is 2.00. The highest BCUT2D eigenvalue weighted by atomic mass is 19.1. The smallest absolute Gasteiger partial charge is 0.167 e. The van der Waals surface area contributed by atoms with Crippen LogP contribution in [0.1, 0.15) is 13.8 Å². The molecule has 0 saturated carbocycles. The van der Waals surface area contributed by atoms with Crippen LogP contribution in [-0.2, 0) is 0 Å². The van der Waals surface area contributed by atoms with E-state index in [1.807, 2.05) is 13.8 Å². The second-order valence-corrected chi connectivity index (χ2v) is 3.36. The van der Waals surface area contributed by atoms with Crippen LogP contribution in [0.5, 0.6) is 5.75 Å². The van der Waals surface area contributed by atoms with Crippen LogP contribution in [0.25, 0.3) is 0 Å². The number of nitrogens with one attached hydrogen (secondary N) is 1. The van der Waals surface area contributed by atoms with Gasteiger partial charge >= 0.3 is 0 Å². The molecule has 1 aromatic carbocycles. The zero-order chi connectivity index (χ0) is 11.3. The van der Waals surface area contributed by atoms with Crippen molar-refractivity contribution in [1.82, 2.24) is 0 Å². The van der Waals surface area contributed by atoms with Gasteiger partial charge in [0.05, 0.1) is 6.61 Å². The molecule has 0 bridgehead atoms. The van der Waals surface area contributed by atoms with Crippen molar-refractivity contribution in [2.24, 2.45) is 5.73 Å². The first-order chi connectivity index (χ1) is 7.17. The van der Waals surface area contributed by atoms with Gasteiger partial charge in [0.25, 0.3) is 0 Å². The first-order valence-electron chi connectivity index (χ1n) is 5.06. The fourth-order valence-electron chi connectivity index (χ4n) is 1.21. The Morgan fingerprint density at radius 3 is 2.80 bits per heavy atom. The molecule has 0 heterocycles. The van der Waals surface area contributed by atoms with Crippen molar-refractivity contribution >= 4 is 5.69 Å². The molecule has 0 aromatic heterocycles. The molecular formula is C11H17FN2O. The van der Waals surface area contributed by atoms with Crippen molar-refractivity contribution in [3.8, 4) is 5.75 Å². The topological polar surface area (TPSA) is 47.3 Å². The number of anilines is 1. The molecule has 4 heteroatoms. The molecule has 1 unspecified atom stereocenters. The predicted octanol–water partition coefficient (Wildman–Crippen LogP) is 1.98. The second-order valence-electron chi connectivity index (χ2n) is 3.36. The van der Waals surface area contributed by atoms with E-state index < -0.39 is 0 Å². The molecule has 1 rings (SSSR count). The molecule has 3 nitrogen and oxygen atoms in total. The van der Waals surface area contributed by atoms with E-state index in [1.165, 1.54) is 6.07 Å². The molecule has 0 amide bonds. The Kier molecular flexibility index (Phi) is 4.37. The maximum atomic E-state index is 13.4. The van der Waals surface area contributed by atoms with Gasteiger partial charge in [0.2, 0.25) is 0 Å². The van der Waals surface area contributed by atoms with Crippen LogP contribution in [0.2, 0.25) is 0 Å². The minimum absolute atomic E-state index is 0.127. The van der Waals surface area contributed by atoms with Crippen molar-refractivity contribution < 1.29 is 9.13 Å². The van der Waals surface area contributed by atoms with Crippen molar-refractivity contribution in [2.45, 2.75) is 19.9 Å². The van der Waals surface area contributed by atoms with E-state index in [0.717, 1.165) is 0 Å². The summed E-state index contributed by atoms with van der Waals surface area (Å²) < 4.78 is 18.5. The van der Waals surface area contributed by atoms with E-state index >= 15 is 0 Å². The second kappa shape index (κ2) is 5.56. The van der Waals surface area contributed by atoms with Gasteiger partial charge in [-0.2, -0.15) is 0 Å². The molecule has 0 fully saturated rings. The van der Waals surface area contributed by atoms with Crippen LogP contribution >= 0.6 is 0 Å². The highest BCUT2D eigenvalue weighted by Gasteiger charge is 2.05. The molecule has 0 aliphatic rings. The van der Waals surface area contributed by atoms with Gasteiger partial charge in [0.15, 0.2) is 11.6 Å². The third kappa shape index (κ3) is 3.40. The summed E-state index contributed by atoms with van der Waals surface area (Å²) in [6.07, 6.45) is 0. The average Bonchev–Trinajstić information content (AvgIpc) is 2.22. The lowest BCUT2D eigenvalue weighted by Gasteiger charge is -2.13. The van der Waals surface area contributed by atoms with Gasteiger partial charge in [0.1, 0.15) is 0 Å². The van der Waals surface area contributed by atoms with Crippen LogP contribution in [0.3, 0.4) is 0 Å². The van der Waals surface area contributed by atoms with Gasteiger partial charge in [-0.25, -0.2) is 4.39 Å². The van der Waals surface area contributed by atoms with Crippen LogP contribution in [0.15, 0.2) is 18.2 Å². The average molecular weight is 212 g/mol. The Morgan fingerprint density at radius 1 is 1.53 bits per heavy atom.